The molecular weight excluding hydrogens is 322 g/mol. The molecule has 2 aromatic heterocycles. The van der Waals surface area contributed by atoms with Gasteiger partial charge in [-0.3, -0.25) is 9.89 Å². The monoisotopic (exact) mass is 341 g/mol. The Bertz CT molecular complexity index is 848. The summed E-state index contributed by atoms with van der Waals surface area (Å²) in [4.78, 5) is 12.4. The average molecular weight is 341 g/mol. The van der Waals surface area contributed by atoms with Crippen LogP contribution in [0.25, 0.3) is 11.1 Å². The summed E-state index contributed by atoms with van der Waals surface area (Å²) in [5.41, 5.74) is 4.61. The number of nitrogens with zero attached hydrogens (tertiary/aromatic N) is 3. The lowest BCUT2D eigenvalue weighted by Gasteiger charge is -2.07. The van der Waals surface area contributed by atoms with Crippen LogP contribution in [0.2, 0.25) is 0 Å². The Morgan fingerprint density at radius 1 is 1.25 bits per heavy atom. The summed E-state index contributed by atoms with van der Waals surface area (Å²) in [6.07, 6.45) is 0.691. The highest BCUT2D eigenvalue weighted by Gasteiger charge is 2.12. The molecule has 24 heavy (non-hydrogen) atoms. The first-order chi connectivity index (χ1) is 11.5. The number of nitrogens with one attached hydrogen (secondary N) is 2. The number of rotatable bonds is 5. The van der Waals surface area contributed by atoms with E-state index in [-0.39, 0.29) is 5.91 Å². The molecular formula is C17H19N5OS. The van der Waals surface area contributed by atoms with Crippen molar-refractivity contribution in [1.82, 2.24) is 25.7 Å². The van der Waals surface area contributed by atoms with Crippen molar-refractivity contribution in [1.29, 1.82) is 0 Å². The Balaban J connectivity index is 1.68. The molecule has 0 spiro atoms. The molecule has 0 saturated heterocycles. The summed E-state index contributed by atoms with van der Waals surface area (Å²) < 4.78 is 0. The molecule has 2 heterocycles. The van der Waals surface area contributed by atoms with Gasteiger partial charge in [0, 0.05) is 29.8 Å². The highest BCUT2D eigenvalue weighted by molar-refractivity contribution is 7.11. The Morgan fingerprint density at radius 2 is 2.08 bits per heavy atom. The zero-order chi connectivity index (χ0) is 17.1. The molecule has 3 rings (SSSR count). The summed E-state index contributed by atoms with van der Waals surface area (Å²) in [5, 5.41) is 20.0. The first kappa shape index (κ1) is 16.3. The van der Waals surface area contributed by atoms with Crippen LogP contribution in [0.1, 0.15) is 31.8 Å². The number of aromatic amines is 1. The maximum atomic E-state index is 12.4. The largest absolute Gasteiger partial charge is 0.352 e. The molecule has 0 saturated carbocycles. The van der Waals surface area contributed by atoms with Crippen molar-refractivity contribution in [3.63, 3.8) is 0 Å². The molecule has 0 unspecified atom stereocenters. The Hall–Kier alpha value is -2.54. The Morgan fingerprint density at radius 3 is 2.75 bits per heavy atom. The minimum absolute atomic E-state index is 0.0862. The van der Waals surface area contributed by atoms with E-state index in [9.17, 15) is 4.79 Å². The second-order valence-electron chi connectivity index (χ2n) is 5.61. The highest BCUT2D eigenvalue weighted by Crippen LogP contribution is 2.25. The van der Waals surface area contributed by atoms with Crippen molar-refractivity contribution in [3.05, 3.63) is 51.2 Å². The third kappa shape index (κ3) is 3.51. The number of H-pyrrole nitrogens is 1. The van der Waals surface area contributed by atoms with Crippen LogP contribution in [0.5, 0.6) is 0 Å². The van der Waals surface area contributed by atoms with Crippen LogP contribution >= 0.6 is 11.3 Å². The van der Waals surface area contributed by atoms with E-state index < -0.39 is 0 Å². The molecule has 3 aromatic rings. The predicted molar refractivity (Wildman–Crippen MR) is 94.2 cm³/mol. The van der Waals surface area contributed by atoms with Gasteiger partial charge in [-0.25, -0.2) is 0 Å². The second-order valence-corrected chi connectivity index (χ2v) is 6.88. The van der Waals surface area contributed by atoms with E-state index in [0.29, 0.717) is 18.5 Å². The van der Waals surface area contributed by atoms with E-state index in [1.807, 2.05) is 45.0 Å². The van der Waals surface area contributed by atoms with Gasteiger partial charge in [0.15, 0.2) is 0 Å². The number of hydrogen-bond donors (Lipinski definition) is 2. The van der Waals surface area contributed by atoms with Crippen LogP contribution in [0, 0.1) is 20.8 Å². The molecule has 0 radical (unpaired) electrons. The van der Waals surface area contributed by atoms with E-state index in [2.05, 4.69) is 25.7 Å². The van der Waals surface area contributed by atoms with Crippen LogP contribution in [0.15, 0.2) is 24.3 Å². The summed E-state index contributed by atoms with van der Waals surface area (Å²) >= 11 is 1.56. The van der Waals surface area contributed by atoms with E-state index in [1.54, 1.807) is 11.3 Å². The minimum atomic E-state index is -0.0862. The fourth-order valence-electron chi connectivity index (χ4n) is 2.62. The van der Waals surface area contributed by atoms with Gasteiger partial charge >= 0.3 is 0 Å². The first-order valence-corrected chi connectivity index (χ1v) is 8.55. The Kier molecular flexibility index (Phi) is 4.71. The molecule has 0 aliphatic rings. The number of benzene rings is 1. The topological polar surface area (TPSA) is 83.6 Å². The van der Waals surface area contributed by atoms with Gasteiger partial charge < -0.3 is 5.32 Å². The van der Waals surface area contributed by atoms with Gasteiger partial charge in [0.05, 0.1) is 5.69 Å². The molecule has 6 nitrogen and oxygen atoms in total. The fraction of sp³-hybridized carbons (Fsp3) is 0.294. The first-order valence-electron chi connectivity index (χ1n) is 7.74. The molecule has 0 fully saturated rings. The lowest BCUT2D eigenvalue weighted by molar-refractivity contribution is 0.0954. The number of carbonyl (C=O) groups is 1. The van der Waals surface area contributed by atoms with Gasteiger partial charge in [0.1, 0.15) is 10.0 Å². The molecule has 124 valence electrons. The number of carbonyl (C=O) groups excluding carboxylic acids is 1. The third-order valence-electron chi connectivity index (χ3n) is 3.73. The van der Waals surface area contributed by atoms with Crippen LogP contribution in [-0.4, -0.2) is 32.8 Å². The van der Waals surface area contributed by atoms with Crippen molar-refractivity contribution in [2.75, 3.05) is 6.54 Å². The van der Waals surface area contributed by atoms with Gasteiger partial charge in [0.25, 0.3) is 5.91 Å². The van der Waals surface area contributed by atoms with Gasteiger partial charge in [-0.15, -0.1) is 21.5 Å². The minimum Gasteiger partial charge on any atom is -0.352 e. The summed E-state index contributed by atoms with van der Waals surface area (Å²) in [6.45, 7) is 6.40. The summed E-state index contributed by atoms with van der Waals surface area (Å²) in [6, 6.07) is 7.60. The van der Waals surface area contributed by atoms with Gasteiger partial charge in [-0.2, -0.15) is 5.10 Å². The van der Waals surface area contributed by atoms with Crippen molar-refractivity contribution in [2.45, 2.75) is 27.2 Å². The van der Waals surface area contributed by atoms with Crippen molar-refractivity contribution in [3.8, 4) is 11.1 Å². The highest BCUT2D eigenvalue weighted by atomic mass is 32.1. The van der Waals surface area contributed by atoms with E-state index in [1.165, 1.54) is 0 Å². The smallest absolute Gasteiger partial charge is 0.251 e. The zero-order valence-electron chi connectivity index (χ0n) is 13.9. The fourth-order valence-corrected chi connectivity index (χ4v) is 3.32. The SMILES string of the molecule is Cc1nnc(CCNC(=O)c2cccc(-c3c(C)n[nH]c3C)c2)s1. The lowest BCUT2D eigenvalue weighted by Crippen LogP contribution is -2.25. The molecule has 0 aliphatic carbocycles. The predicted octanol–water partition coefficient (Wildman–Crippen LogP) is 2.83. The van der Waals surface area contributed by atoms with Crippen LogP contribution in [-0.2, 0) is 6.42 Å². The van der Waals surface area contributed by atoms with Crippen LogP contribution < -0.4 is 5.32 Å². The van der Waals surface area contributed by atoms with Crippen molar-refractivity contribution in [2.24, 2.45) is 0 Å². The van der Waals surface area contributed by atoms with Crippen LogP contribution in [0.3, 0.4) is 0 Å². The lowest BCUT2D eigenvalue weighted by atomic mass is 10.0. The van der Waals surface area contributed by atoms with E-state index in [0.717, 1.165) is 32.5 Å². The molecule has 0 aliphatic heterocycles. The van der Waals surface area contributed by atoms with Gasteiger partial charge in [-0.1, -0.05) is 12.1 Å². The van der Waals surface area contributed by atoms with Gasteiger partial charge in [0.2, 0.25) is 0 Å². The number of amides is 1. The molecule has 1 aromatic carbocycles. The molecule has 0 atom stereocenters. The van der Waals surface area contributed by atoms with Gasteiger partial charge in [-0.05, 0) is 38.5 Å². The number of aromatic nitrogens is 4. The summed E-state index contributed by atoms with van der Waals surface area (Å²) in [7, 11) is 0. The normalized spacial score (nSPS) is 10.8. The Labute approximate surface area is 144 Å². The standard InChI is InChI=1S/C17H19N5OS/c1-10-16(11(2)20-19-10)13-5-4-6-14(9-13)17(23)18-8-7-15-22-21-12(3)24-15/h4-6,9H,7-8H2,1-3H3,(H,18,23)(H,19,20). The third-order valence-corrected chi connectivity index (χ3v) is 4.63. The van der Waals surface area contributed by atoms with Crippen LogP contribution in [0.4, 0.5) is 0 Å². The van der Waals surface area contributed by atoms with E-state index >= 15 is 0 Å². The maximum absolute atomic E-state index is 12.4. The molecule has 2 N–H and O–H groups in total. The summed E-state index contributed by atoms with van der Waals surface area (Å²) in [5.74, 6) is -0.0862. The quantitative estimate of drug-likeness (QED) is 0.747. The second kappa shape index (κ2) is 6.92. The molecule has 1 amide bonds. The number of hydrogen-bond acceptors (Lipinski definition) is 5. The average Bonchev–Trinajstić information content (AvgIpc) is 3.13. The van der Waals surface area contributed by atoms with Crippen molar-refractivity contribution < 1.29 is 4.79 Å². The van der Waals surface area contributed by atoms with Crippen molar-refractivity contribution >= 4 is 17.2 Å². The molecule has 0 bridgehead atoms. The maximum Gasteiger partial charge on any atom is 0.251 e. The number of aryl methyl sites for hydroxylation is 3. The zero-order valence-corrected chi connectivity index (χ0v) is 14.7. The van der Waals surface area contributed by atoms with E-state index in [4.69, 9.17) is 0 Å². The molecule has 7 heteroatoms.